The molecule has 0 N–H and O–H groups in total. The molecule has 0 aromatic heterocycles. The Morgan fingerprint density at radius 2 is 1.80 bits per heavy atom. The fourth-order valence-electron chi connectivity index (χ4n) is 3.00. The van der Waals surface area contributed by atoms with E-state index in [1.165, 1.54) is 12.1 Å². The summed E-state index contributed by atoms with van der Waals surface area (Å²) in [6.07, 6.45) is 4.32. The van der Waals surface area contributed by atoms with Crippen LogP contribution in [0.25, 0.3) is 0 Å². The van der Waals surface area contributed by atoms with Gasteiger partial charge in [-0.05, 0) is 56.0 Å². The second-order valence-corrected chi connectivity index (χ2v) is 6.21. The van der Waals surface area contributed by atoms with E-state index in [9.17, 15) is 14.3 Å². The zero-order chi connectivity index (χ0) is 17.7. The van der Waals surface area contributed by atoms with Crippen LogP contribution in [0, 0.1) is 17.7 Å². The van der Waals surface area contributed by atoms with Crippen molar-refractivity contribution in [1.29, 1.82) is 0 Å². The van der Waals surface area contributed by atoms with Gasteiger partial charge in [0.25, 0.3) is 0 Å². The predicted molar refractivity (Wildman–Crippen MR) is 90.5 cm³/mol. The summed E-state index contributed by atoms with van der Waals surface area (Å²) in [6.45, 7) is 0. The number of carboxylic acids is 1. The van der Waals surface area contributed by atoms with Gasteiger partial charge in [-0.25, -0.2) is 4.39 Å². The van der Waals surface area contributed by atoms with Crippen LogP contribution in [0.5, 0.6) is 5.75 Å². The highest BCUT2D eigenvalue weighted by atomic mass is 19.1. The Labute approximate surface area is 146 Å². The molecule has 0 amide bonds. The van der Waals surface area contributed by atoms with E-state index in [2.05, 4.69) is 11.8 Å². The summed E-state index contributed by atoms with van der Waals surface area (Å²) >= 11 is 0. The van der Waals surface area contributed by atoms with Crippen LogP contribution in [0.4, 0.5) is 4.39 Å². The summed E-state index contributed by atoms with van der Waals surface area (Å²) in [4.78, 5) is 11.0. The fraction of sp³-hybridized carbons (Fsp3) is 0.286. The topological polar surface area (TPSA) is 49.4 Å². The predicted octanol–water partition coefficient (Wildman–Crippen LogP) is 3.32. The summed E-state index contributed by atoms with van der Waals surface area (Å²) < 4.78 is 20.1. The monoisotopic (exact) mass is 337 g/mol. The molecular weight excluding hydrogens is 319 g/mol. The molecule has 25 heavy (non-hydrogen) atoms. The Morgan fingerprint density at radius 1 is 1.08 bits per heavy atom. The van der Waals surface area contributed by atoms with Gasteiger partial charge >= 0.3 is 0 Å². The summed E-state index contributed by atoms with van der Waals surface area (Å²) in [5.74, 6) is 4.22. The van der Waals surface area contributed by atoms with E-state index in [0.717, 1.165) is 30.9 Å². The molecule has 0 bridgehead atoms. The van der Waals surface area contributed by atoms with Gasteiger partial charge in [0.15, 0.2) is 17.2 Å². The van der Waals surface area contributed by atoms with Crippen LogP contribution in [0.2, 0.25) is 0 Å². The molecule has 2 aromatic rings. The molecule has 0 aliphatic heterocycles. The van der Waals surface area contributed by atoms with Crippen LogP contribution in [0.3, 0.4) is 0 Å². The maximum atomic E-state index is 14.1. The number of carbonyl (C=O) groups is 1. The van der Waals surface area contributed by atoms with E-state index in [1.54, 1.807) is 0 Å². The van der Waals surface area contributed by atoms with E-state index in [4.69, 9.17) is 4.74 Å². The summed E-state index contributed by atoms with van der Waals surface area (Å²) in [6, 6.07) is 13.0. The van der Waals surface area contributed by atoms with Crippen molar-refractivity contribution in [3.8, 4) is 17.6 Å². The summed E-state index contributed by atoms with van der Waals surface area (Å²) in [7, 11) is 0. The molecule has 2 aromatic carbocycles. The first-order valence-electron chi connectivity index (χ1n) is 8.36. The molecule has 4 heteroatoms. The maximum absolute atomic E-state index is 14.1. The van der Waals surface area contributed by atoms with Gasteiger partial charge in [-0.15, -0.1) is 0 Å². The SMILES string of the molecule is O=C([O-])c1ccc(F)c(OC2(C#Cc3ccccc3)CCCCC2)c1. The van der Waals surface area contributed by atoms with Crippen molar-refractivity contribution in [3.05, 3.63) is 65.5 Å². The van der Waals surface area contributed by atoms with E-state index in [-0.39, 0.29) is 11.3 Å². The van der Waals surface area contributed by atoms with Crippen LogP contribution >= 0.6 is 0 Å². The molecule has 0 saturated heterocycles. The first-order valence-corrected chi connectivity index (χ1v) is 8.36. The van der Waals surface area contributed by atoms with E-state index in [1.807, 2.05) is 30.3 Å². The van der Waals surface area contributed by atoms with Crippen LogP contribution in [0.1, 0.15) is 48.0 Å². The van der Waals surface area contributed by atoms with Gasteiger partial charge in [0.05, 0.1) is 5.97 Å². The van der Waals surface area contributed by atoms with Crippen LogP contribution in [-0.2, 0) is 0 Å². The number of rotatable bonds is 3. The van der Waals surface area contributed by atoms with Crippen molar-refractivity contribution in [3.63, 3.8) is 0 Å². The van der Waals surface area contributed by atoms with Crippen LogP contribution in [0.15, 0.2) is 48.5 Å². The number of hydrogen-bond donors (Lipinski definition) is 0. The first-order chi connectivity index (χ1) is 12.1. The van der Waals surface area contributed by atoms with Gasteiger partial charge in [0, 0.05) is 11.1 Å². The van der Waals surface area contributed by atoms with Crippen molar-refractivity contribution < 1.29 is 19.0 Å². The smallest absolute Gasteiger partial charge is 0.169 e. The molecule has 1 fully saturated rings. The number of halogens is 1. The minimum absolute atomic E-state index is 0.0917. The highest BCUT2D eigenvalue weighted by Gasteiger charge is 2.33. The Morgan fingerprint density at radius 3 is 2.48 bits per heavy atom. The Kier molecular flexibility index (Phi) is 5.04. The first kappa shape index (κ1) is 17.0. The minimum atomic E-state index is -1.36. The van der Waals surface area contributed by atoms with Crippen molar-refractivity contribution in [1.82, 2.24) is 0 Å². The number of aromatic carboxylic acids is 1. The number of hydrogen-bond acceptors (Lipinski definition) is 3. The van der Waals surface area contributed by atoms with Crippen LogP contribution in [-0.4, -0.2) is 11.6 Å². The number of benzene rings is 2. The van der Waals surface area contributed by atoms with Gasteiger partial charge in [-0.3, -0.25) is 0 Å². The average molecular weight is 337 g/mol. The lowest BCUT2D eigenvalue weighted by atomic mass is 9.84. The maximum Gasteiger partial charge on any atom is 0.169 e. The molecule has 3 nitrogen and oxygen atoms in total. The molecule has 1 aliphatic rings. The molecule has 0 atom stereocenters. The Bertz CT molecular complexity index is 812. The number of ether oxygens (including phenoxy) is 1. The van der Waals surface area contributed by atoms with Gasteiger partial charge in [0.2, 0.25) is 0 Å². The lowest BCUT2D eigenvalue weighted by molar-refractivity contribution is -0.255. The Balaban J connectivity index is 1.93. The standard InChI is InChI=1S/C21H19FO3/c22-18-10-9-17(20(23)24)15-19(18)25-21(12-5-2-6-13-21)14-11-16-7-3-1-4-8-16/h1,3-4,7-10,15H,2,5-6,12-13H2,(H,23,24)/p-1. The molecule has 0 unspecified atom stereocenters. The number of carbonyl (C=O) groups excluding carboxylic acids is 1. The molecular formula is C21H18FO3-. The van der Waals surface area contributed by atoms with Crippen LogP contribution < -0.4 is 9.84 Å². The zero-order valence-corrected chi connectivity index (χ0v) is 13.8. The zero-order valence-electron chi connectivity index (χ0n) is 13.8. The van der Waals surface area contributed by atoms with Crippen molar-refractivity contribution >= 4 is 5.97 Å². The quantitative estimate of drug-likeness (QED) is 0.807. The third-order valence-corrected chi connectivity index (χ3v) is 4.34. The van der Waals surface area contributed by atoms with Crippen molar-refractivity contribution in [2.45, 2.75) is 37.7 Å². The lowest BCUT2D eigenvalue weighted by Crippen LogP contribution is -2.37. The largest absolute Gasteiger partial charge is 0.545 e. The number of carboxylic acid groups (broad SMARTS) is 1. The Hall–Kier alpha value is -2.80. The lowest BCUT2D eigenvalue weighted by Gasteiger charge is -2.33. The van der Waals surface area contributed by atoms with E-state index < -0.39 is 17.4 Å². The van der Waals surface area contributed by atoms with Gasteiger partial charge in [0.1, 0.15) is 0 Å². The molecule has 1 saturated carbocycles. The summed E-state index contributed by atoms with van der Waals surface area (Å²) in [5, 5.41) is 11.0. The third kappa shape index (κ3) is 4.19. The molecule has 128 valence electrons. The van der Waals surface area contributed by atoms with Crippen molar-refractivity contribution in [2.75, 3.05) is 0 Å². The average Bonchev–Trinajstić information content (AvgIpc) is 2.63. The fourth-order valence-corrected chi connectivity index (χ4v) is 3.00. The molecule has 0 spiro atoms. The summed E-state index contributed by atoms with van der Waals surface area (Å²) in [5.41, 5.74) is -0.0576. The second kappa shape index (κ2) is 7.40. The van der Waals surface area contributed by atoms with E-state index >= 15 is 0 Å². The molecule has 1 aliphatic carbocycles. The normalized spacial score (nSPS) is 15.7. The van der Waals surface area contributed by atoms with Gasteiger partial charge in [-0.2, -0.15) is 0 Å². The van der Waals surface area contributed by atoms with E-state index in [0.29, 0.717) is 12.8 Å². The highest BCUT2D eigenvalue weighted by Crippen LogP contribution is 2.34. The minimum Gasteiger partial charge on any atom is -0.545 e. The van der Waals surface area contributed by atoms with Gasteiger partial charge in [-0.1, -0.05) is 36.5 Å². The molecule has 3 rings (SSSR count). The third-order valence-electron chi connectivity index (χ3n) is 4.34. The van der Waals surface area contributed by atoms with Gasteiger partial charge < -0.3 is 14.6 Å². The molecule has 0 heterocycles. The molecule has 0 radical (unpaired) electrons. The second-order valence-electron chi connectivity index (χ2n) is 6.21. The highest BCUT2D eigenvalue weighted by molar-refractivity contribution is 5.86. The van der Waals surface area contributed by atoms with Crippen molar-refractivity contribution in [2.24, 2.45) is 0 Å².